The lowest BCUT2D eigenvalue weighted by Gasteiger charge is -2.25. The lowest BCUT2D eigenvalue weighted by molar-refractivity contribution is -0.124. The number of carbonyl (C=O) groups excluding carboxylic acids is 4. The first-order valence-electron chi connectivity index (χ1n) is 10.3. The van der Waals surface area contributed by atoms with E-state index in [0.717, 1.165) is 0 Å². The third kappa shape index (κ3) is 5.06. The summed E-state index contributed by atoms with van der Waals surface area (Å²) >= 11 is 0. The minimum Gasteiger partial charge on any atom is -0.350 e. The van der Waals surface area contributed by atoms with Crippen LogP contribution in [0.4, 0.5) is 5.69 Å². The molecule has 0 unspecified atom stereocenters. The maximum absolute atomic E-state index is 13.0. The molecule has 0 spiro atoms. The van der Waals surface area contributed by atoms with Gasteiger partial charge < -0.3 is 10.6 Å². The summed E-state index contributed by atoms with van der Waals surface area (Å²) < 4.78 is 0. The van der Waals surface area contributed by atoms with Crippen molar-refractivity contribution in [3.05, 3.63) is 64.7 Å². The second-order valence-corrected chi connectivity index (χ2v) is 8.58. The largest absolute Gasteiger partial charge is 0.350 e. The number of fused-ring (bicyclic) bond motifs is 2. The number of ketones is 2. The second-order valence-electron chi connectivity index (χ2n) is 8.58. The van der Waals surface area contributed by atoms with Gasteiger partial charge in [0.2, 0.25) is 11.8 Å². The Balaban J connectivity index is 1.76. The molecule has 0 saturated carbocycles. The van der Waals surface area contributed by atoms with Crippen LogP contribution in [-0.4, -0.2) is 53.5 Å². The van der Waals surface area contributed by atoms with Gasteiger partial charge in [0.25, 0.3) is 0 Å². The fourth-order valence-corrected chi connectivity index (χ4v) is 3.58. The van der Waals surface area contributed by atoms with E-state index in [1.54, 1.807) is 47.4 Å². The van der Waals surface area contributed by atoms with E-state index in [1.165, 1.54) is 0 Å². The standard InChI is InChI=1S/C24H27N3O4/c1-5-27(14-20(29)26-24(2,3)4)13-19(28)25-18-12-8-11-17-21(18)23(31)16-10-7-6-9-15(16)22(17)30/h6-12H,5,13-14H2,1-4H3,(H,25,28)(H,26,29). The summed E-state index contributed by atoms with van der Waals surface area (Å²) in [5.74, 6) is -1.07. The van der Waals surface area contributed by atoms with Crippen molar-refractivity contribution < 1.29 is 19.2 Å². The molecule has 1 aliphatic rings. The van der Waals surface area contributed by atoms with Gasteiger partial charge in [-0.2, -0.15) is 0 Å². The number of benzene rings is 2. The van der Waals surface area contributed by atoms with Crippen LogP contribution in [0.25, 0.3) is 0 Å². The maximum Gasteiger partial charge on any atom is 0.238 e. The molecule has 162 valence electrons. The Morgan fingerprint density at radius 3 is 2.03 bits per heavy atom. The smallest absolute Gasteiger partial charge is 0.238 e. The van der Waals surface area contributed by atoms with Gasteiger partial charge in [0.1, 0.15) is 0 Å². The Morgan fingerprint density at radius 1 is 0.839 bits per heavy atom. The number of nitrogens with zero attached hydrogens (tertiary/aromatic N) is 1. The fourth-order valence-electron chi connectivity index (χ4n) is 3.58. The molecule has 0 aromatic heterocycles. The molecule has 1 aliphatic carbocycles. The predicted octanol–water partition coefficient (Wildman–Crippen LogP) is 2.64. The van der Waals surface area contributed by atoms with Crippen LogP contribution in [-0.2, 0) is 9.59 Å². The zero-order chi connectivity index (χ0) is 22.8. The number of carbonyl (C=O) groups is 4. The molecule has 0 fully saturated rings. The van der Waals surface area contributed by atoms with Crippen LogP contribution in [0.5, 0.6) is 0 Å². The fraction of sp³-hybridized carbons (Fsp3) is 0.333. The Labute approximate surface area is 181 Å². The lowest BCUT2D eigenvalue weighted by Crippen LogP contribution is -2.47. The molecule has 0 heterocycles. The van der Waals surface area contributed by atoms with E-state index in [1.807, 2.05) is 27.7 Å². The molecule has 7 heteroatoms. The summed E-state index contributed by atoms with van der Waals surface area (Å²) in [6, 6.07) is 11.5. The summed E-state index contributed by atoms with van der Waals surface area (Å²) in [6.45, 7) is 8.11. The van der Waals surface area contributed by atoms with E-state index in [9.17, 15) is 19.2 Å². The zero-order valence-corrected chi connectivity index (χ0v) is 18.2. The first-order valence-corrected chi connectivity index (χ1v) is 10.3. The highest BCUT2D eigenvalue weighted by atomic mass is 16.2. The van der Waals surface area contributed by atoms with Crippen molar-refractivity contribution in [2.24, 2.45) is 0 Å². The molecule has 2 amide bonds. The van der Waals surface area contributed by atoms with Crippen LogP contribution in [0.1, 0.15) is 59.5 Å². The first-order chi connectivity index (χ1) is 14.6. The van der Waals surface area contributed by atoms with Crippen molar-refractivity contribution in [2.45, 2.75) is 33.2 Å². The average Bonchev–Trinajstić information content (AvgIpc) is 2.70. The van der Waals surface area contributed by atoms with Crippen LogP contribution < -0.4 is 10.6 Å². The maximum atomic E-state index is 13.0. The molecular formula is C24H27N3O4. The van der Waals surface area contributed by atoms with Gasteiger partial charge in [-0.3, -0.25) is 24.1 Å². The van der Waals surface area contributed by atoms with Crippen molar-refractivity contribution in [1.29, 1.82) is 0 Å². The van der Waals surface area contributed by atoms with Crippen LogP contribution in [0.15, 0.2) is 42.5 Å². The van der Waals surface area contributed by atoms with Gasteiger partial charge in [0.05, 0.1) is 24.3 Å². The van der Waals surface area contributed by atoms with Crippen LogP contribution in [0.2, 0.25) is 0 Å². The Bertz CT molecular complexity index is 1050. The Hall–Kier alpha value is -3.32. The number of anilines is 1. The second kappa shape index (κ2) is 8.81. The number of nitrogens with one attached hydrogen (secondary N) is 2. The normalized spacial score (nSPS) is 12.9. The third-order valence-corrected chi connectivity index (χ3v) is 4.92. The molecule has 0 saturated heterocycles. The van der Waals surface area contributed by atoms with Gasteiger partial charge in [-0.1, -0.05) is 43.3 Å². The van der Waals surface area contributed by atoms with E-state index >= 15 is 0 Å². The molecular weight excluding hydrogens is 394 g/mol. The monoisotopic (exact) mass is 421 g/mol. The van der Waals surface area contributed by atoms with E-state index in [0.29, 0.717) is 23.4 Å². The average molecular weight is 421 g/mol. The van der Waals surface area contributed by atoms with Crippen LogP contribution in [0, 0.1) is 0 Å². The Kier molecular flexibility index (Phi) is 6.36. The molecule has 0 bridgehead atoms. The van der Waals surface area contributed by atoms with Gasteiger partial charge in [-0.15, -0.1) is 0 Å². The summed E-state index contributed by atoms with van der Waals surface area (Å²) in [6.07, 6.45) is 0. The minimum atomic E-state index is -0.363. The summed E-state index contributed by atoms with van der Waals surface area (Å²) in [4.78, 5) is 52.5. The molecule has 0 atom stereocenters. The molecule has 31 heavy (non-hydrogen) atoms. The predicted molar refractivity (Wildman–Crippen MR) is 118 cm³/mol. The third-order valence-electron chi connectivity index (χ3n) is 4.92. The number of hydrogen-bond acceptors (Lipinski definition) is 5. The number of amides is 2. The van der Waals surface area contributed by atoms with E-state index in [2.05, 4.69) is 10.6 Å². The van der Waals surface area contributed by atoms with Gasteiger partial charge in [0, 0.05) is 22.2 Å². The first kappa shape index (κ1) is 22.4. The molecule has 2 N–H and O–H groups in total. The highest BCUT2D eigenvalue weighted by molar-refractivity contribution is 6.30. The molecule has 2 aromatic rings. The SMILES string of the molecule is CCN(CC(=O)Nc1cccc2c1C(=O)c1ccccc1C2=O)CC(=O)NC(C)(C)C. The Morgan fingerprint density at radius 2 is 1.42 bits per heavy atom. The van der Waals surface area contributed by atoms with Crippen LogP contribution in [0.3, 0.4) is 0 Å². The quantitative estimate of drug-likeness (QED) is 0.638. The highest BCUT2D eigenvalue weighted by Gasteiger charge is 2.31. The summed E-state index contributed by atoms with van der Waals surface area (Å²) in [5.41, 5.74) is 1.11. The van der Waals surface area contributed by atoms with E-state index < -0.39 is 0 Å². The van der Waals surface area contributed by atoms with E-state index in [4.69, 9.17) is 0 Å². The molecule has 0 radical (unpaired) electrons. The molecule has 2 aromatic carbocycles. The number of hydrogen-bond donors (Lipinski definition) is 2. The van der Waals surface area contributed by atoms with Gasteiger partial charge in [0.15, 0.2) is 11.6 Å². The molecule has 7 nitrogen and oxygen atoms in total. The van der Waals surface area contributed by atoms with Crippen molar-refractivity contribution >= 4 is 29.1 Å². The topological polar surface area (TPSA) is 95.6 Å². The lowest BCUT2D eigenvalue weighted by atomic mass is 9.83. The van der Waals surface area contributed by atoms with Crippen molar-refractivity contribution in [3.8, 4) is 0 Å². The summed E-state index contributed by atoms with van der Waals surface area (Å²) in [5, 5.41) is 5.63. The number of likely N-dealkylation sites (N-methyl/N-ethyl adjacent to an activating group) is 1. The molecule has 3 rings (SSSR count). The summed E-state index contributed by atoms with van der Waals surface area (Å²) in [7, 11) is 0. The van der Waals surface area contributed by atoms with Gasteiger partial charge in [-0.05, 0) is 33.4 Å². The van der Waals surface area contributed by atoms with Crippen molar-refractivity contribution in [3.63, 3.8) is 0 Å². The highest BCUT2D eigenvalue weighted by Crippen LogP contribution is 2.31. The molecule has 0 aliphatic heterocycles. The van der Waals surface area contributed by atoms with Crippen molar-refractivity contribution in [2.75, 3.05) is 25.0 Å². The van der Waals surface area contributed by atoms with Gasteiger partial charge >= 0.3 is 0 Å². The minimum absolute atomic E-state index is 0.0174. The van der Waals surface area contributed by atoms with Crippen molar-refractivity contribution in [1.82, 2.24) is 10.2 Å². The van der Waals surface area contributed by atoms with E-state index in [-0.39, 0.29) is 53.1 Å². The van der Waals surface area contributed by atoms with Crippen LogP contribution >= 0.6 is 0 Å². The van der Waals surface area contributed by atoms with Gasteiger partial charge in [-0.25, -0.2) is 0 Å². The zero-order valence-electron chi connectivity index (χ0n) is 18.2. The number of rotatable bonds is 6.